The van der Waals surface area contributed by atoms with Gasteiger partial charge in [-0.3, -0.25) is 9.69 Å². The van der Waals surface area contributed by atoms with Crippen LogP contribution in [0.2, 0.25) is 0 Å². The molecule has 17 heavy (non-hydrogen) atoms. The van der Waals surface area contributed by atoms with Crippen LogP contribution in [-0.2, 0) is 19.1 Å². The van der Waals surface area contributed by atoms with E-state index < -0.39 is 18.1 Å². The van der Waals surface area contributed by atoms with Gasteiger partial charge in [-0.05, 0) is 6.92 Å². The van der Waals surface area contributed by atoms with Crippen LogP contribution in [0.3, 0.4) is 0 Å². The number of halogens is 3. The zero-order valence-corrected chi connectivity index (χ0v) is 9.12. The van der Waals surface area contributed by atoms with E-state index in [2.05, 4.69) is 4.74 Å². The van der Waals surface area contributed by atoms with E-state index in [1.54, 1.807) is 11.8 Å². The Morgan fingerprint density at radius 2 is 2.12 bits per heavy atom. The van der Waals surface area contributed by atoms with Crippen LogP contribution in [-0.4, -0.2) is 55.4 Å². The molecule has 0 bridgehead atoms. The molecule has 0 aromatic rings. The first kappa shape index (κ1) is 13.9. The number of hydrogen-bond donors (Lipinski definition) is 0. The number of carbonyl (C=O) groups excluding carboxylic acids is 2. The zero-order chi connectivity index (χ0) is 13.1. The van der Waals surface area contributed by atoms with Crippen LogP contribution in [0.5, 0.6) is 0 Å². The third-order valence-corrected chi connectivity index (χ3v) is 2.12. The minimum Gasteiger partial charge on any atom is -0.385 e. The molecule has 8 heteroatoms. The van der Waals surface area contributed by atoms with Crippen LogP contribution in [0.25, 0.3) is 0 Å². The highest BCUT2D eigenvalue weighted by molar-refractivity contribution is 5.89. The molecule has 0 amide bonds. The molecule has 0 spiro atoms. The maximum atomic E-state index is 11.8. The number of nitrogens with zero attached hydrogens (tertiary/aromatic N) is 1. The third kappa shape index (κ3) is 4.70. The first-order valence-electron chi connectivity index (χ1n) is 4.95. The third-order valence-electron chi connectivity index (χ3n) is 2.12. The monoisotopic (exact) mass is 255 g/mol. The normalized spacial score (nSPS) is 22.2. The van der Waals surface area contributed by atoms with Gasteiger partial charge in [0.15, 0.2) is 0 Å². The largest absolute Gasteiger partial charge is 0.491 e. The van der Waals surface area contributed by atoms with Gasteiger partial charge in [0.05, 0.1) is 19.3 Å². The second-order valence-electron chi connectivity index (χ2n) is 3.68. The number of carbonyl (C=O) groups is 2. The highest BCUT2D eigenvalue weighted by atomic mass is 19.4. The van der Waals surface area contributed by atoms with Gasteiger partial charge in [-0.15, -0.1) is 0 Å². The quantitative estimate of drug-likeness (QED) is 0.526. The van der Waals surface area contributed by atoms with Crippen LogP contribution in [0.1, 0.15) is 6.92 Å². The van der Waals surface area contributed by atoms with Gasteiger partial charge >= 0.3 is 18.1 Å². The predicted molar refractivity (Wildman–Crippen MR) is 49.0 cm³/mol. The van der Waals surface area contributed by atoms with Gasteiger partial charge in [-0.25, -0.2) is 4.79 Å². The first-order chi connectivity index (χ1) is 7.79. The van der Waals surface area contributed by atoms with Crippen molar-refractivity contribution >= 4 is 11.9 Å². The molecule has 1 fully saturated rings. The fraction of sp³-hybridized carbons (Fsp3) is 0.778. The van der Waals surface area contributed by atoms with Gasteiger partial charge in [0.25, 0.3) is 0 Å². The number of hydrogen-bond acceptors (Lipinski definition) is 5. The van der Waals surface area contributed by atoms with E-state index in [0.717, 1.165) is 0 Å². The van der Waals surface area contributed by atoms with Gasteiger partial charge in [0, 0.05) is 13.1 Å². The van der Waals surface area contributed by atoms with E-state index in [4.69, 9.17) is 4.74 Å². The molecule has 1 atom stereocenters. The molecule has 5 nitrogen and oxygen atoms in total. The number of alkyl halides is 3. The van der Waals surface area contributed by atoms with Crippen molar-refractivity contribution in [1.82, 2.24) is 4.90 Å². The summed E-state index contributed by atoms with van der Waals surface area (Å²) in [5, 5.41) is 0. The summed E-state index contributed by atoms with van der Waals surface area (Å²) in [4.78, 5) is 23.0. The molecule has 1 saturated heterocycles. The van der Waals surface area contributed by atoms with Gasteiger partial charge in [-0.2, -0.15) is 13.2 Å². The smallest absolute Gasteiger partial charge is 0.385 e. The fourth-order valence-electron chi connectivity index (χ4n) is 1.41. The fourth-order valence-corrected chi connectivity index (χ4v) is 1.41. The standard InChI is InChI=1S/C9H12F3NO4/c1-6-4-13(2-3-16-6)5-7(14)17-8(15)9(10,11)12/h6H,2-5H2,1H3/t6-/m0/s1. The van der Waals surface area contributed by atoms with E-state index in [1.807, 2.05) is 0 Å². The molecule has 1 aliphatic heterocycles. The molecule has 0 aromatic heterocycles. The molecule has 0 saturated carbocycles. The second-order valence-corrected chi connectivity index (χ2v) is 3.68. The maximum Gasteiger partial charge on any atom is 0.491 e. The number of ether oxygens (including phenoxy) is 2. The lowest BCUT2D eigenvalue weighted by atomic mass is 10.3. The summed E-state index contributed by atoms with van der Waals surface area (Å²) in [5.74, 6) is -3.69. The summed E-state index contributed by atoms with van der Waals surface area (Å²) in [5.41, 5.74) is 0. The number of morpholine rings is 1. The van der Waals surface area contributed by atoms with Crippen molar-refractivity contribution in [2.75, 3.05) is 26.2 Å². The van der Waals surface area contributed by atoms with Gasteiger partial charge in [0.1, 0.15) is 0 Å². The second kappa shape index (κ2) is 5.46. The predicted octanol–water partition coefficient (Wildman–Crippen LogP) is 0.339. The Labute approximate surface area is 95.5 Å². The average Bonchev–Trinajstić information content (AvgIpc) is 2.15. The van der Waals surface area contributed by atoms with Crippen molar-refractivity contribution in [3.63, 3.8) is 0 Å². The first-order valence-corrected chi connectivity index (χ1v) is 4.95. The molecule has 0 aliphatic carbocycles. The van der Waals surface area contributed by atoms with Crippen molar-refractivity contribution in [3.05, 3.63) is 0 Å². The molecule has 0 unspecified atom stereocenters. The van der Waals surface area contributed by atoms with E-state index in [9.17, 15) is 22.8 Å². The molecule has 1 heterocycles. The molecule has 1 aliphatic rings. The summed E-state index contributed by atoms with van der Waals surface area (Å²) in [6.07, 6.45) is -5.25. The van der Waals surface area contributed by atoms with Crippen LogP contribution >= 0.6 is 0 Å². The molecular weight excluding hydrogens is 243 g/mol. The van der Waals surface area contributed by atoms with Crippen LogP contribution in [0, 0.1) is 0 Å². The Balaban J connectivity index is 2.37. The maximum absolute atomic E-state index is 11.8. The molecule has 0 radical (unpaired) electrons. The summed E-state index contributed by atoms with van der Waals surface area (Å²) >= 11 is 0. The van der Waals surface area contributed by atoms with Gasteiger partial charge in [-0.1, -0.05) is 0 Å². The summed E-state index contributed by atoms with van der Waals surface area (Å²) in [7, 11) is 0. The molecular formula is C9H12F3NO4. The average molecular weight is 255 g/mol. The van der Waals surface area contributed by atoms with Crippen molar-refractivity contribution in [2.24, 2.45) is 0 Å². The Bertz CT molecular complexity index is 305. The van der Waals surface area contributed by atoms with Crippen LogP contribution in [0.4, 0.5) is 13.2 Å². The van der Waals surface area contributed by atoms with Crippen molar-refractivity contribution in [2.45, 2.75) is 19.2 Å². The van der Waals surface area contributed by atoms with Gasteiger partial charge in [0.2, 0.25) is 0 Å². The highest BCUT2D eigenvalue weighted by Crippen LogP contribution is 2.16. The van der Waals surface area contributed by atoms with Crippen LogP contribution < -0.4 is 0 Å². The summed E-state index contributed by atoms with van der Waals surface area (Å²) in [6.45, 7) is 2.64. The Morgan fingerprint density at radius 1 is 1.47 bits per heavy atom. The Hall–Kier alpha value is -1.15. The van der Waals surface area contributed by atoms with E-state index in [-0.39, 0.29) is 12.6 Å². The molecule has 1 rings (SSSR count). The van der Waals surface area contributed by atoms with Crippen molar-refractivity contribution in [3.8, 4) is 0 Å². The minimum absolute atomic E-state index is 0.102. The Morgan fingerprint density at radius 3 is 2.65 bits per heavy atom. The minimum atomic E-state index is -5.14. The molecule has 0 N–H and O–H groups in total. The highest BCUT2D eigenvalue weighted by Gasteiger charge is 2.42. The lowest BCUT2D eigenvalue weighted by molar-refractivity contribution is -0.202. The van der Waals surface area contributed by atoms with E-state index >= 15 is 0 Å². The zero-order valence-electron chi connectivity index (χ0n) is 9.12. The number of rotatable bonds is 2. The van der Waals surface area contributed by atoms with Crippen molar-refractivity contribution in [1.29, 1.82) is 0 Å². The lowest BCUT2D eigenvalue weighted by Gasteiger charge is -2.29. The van der Waals surface area contributed by atoms with Gasteiger partial charge < -0.3 is 9.47 Å². The van der Waals surface area contributed by atoms with Crippen molar-refractivity contribution < 1.29 is 32.2 Å². The number of esters is 2. The van der Waals surface area contributed by atoms with E-state index in [0.29, 0.717) is 19.7 Å². The SMILES string of the molecule is C[C@H]1CN(CC(=O)OC(=O)C(F)(F)F)CCO1. The summed E-state index contributed by atoms with van der Waals surface area (Å²) < 4.78 is 44.2. The van der Waals surface area contributed by atoms with E-state index in [1.165, 1.54) is 0 Å². The molecule has 0 aromatic carbocycles. The molecule has 98 valence electrons. The van der Waals surface area contributed by atoms with Crippen LogP contribution in [0.15, 0.2) is 0 Å². The lowest BCUT2D eigenvalue weighted by Crippen LogP contribution is -2.44. The topological polar surface area (TPSA) is 55.8 Å². The Kier molecular flexibility index (Phi) is 4.47. The summed E-state index contributed by atoms with van der Waals surface area (Å²) in [6, 6.07) is 0.